The number of carbonyl (C=O) groups excluding carboxylic acids is 1. The van der Waals surface area contributed by atoms with E-state index in [2.05, 4.69) is 6.92 Å². The van der Waals surface area contributed by atoms with E-state index in [9.17, 15) is 9.00 Å². The first-order valence-electron chi connectivity index (χ1n) is 6.99. The molecule has 0 heterocycles. The molecule has 2 saturated carbocycles. The Bertz CT molecular complexity index is 328. The van der Waals surface area contributed by atoms with E-state index in [1.807, 2.05) is 0 Å². The summed E-state index contributed by atoms with van der Waals surface area (Å²) in [5.41, 5.74) is 0.0149. The molecule has 0 aromatic rings. The highest BCUT2D eigenvalue weighted by molar-refractivity contribution is 7.85. The first kappa shape index (κ1) is 14.0. The Hall–Kier alpha value is -0.380. The van der Waals surface area contributed by atoms with Gasteiger partial charge in [0.05, 0.1) is 13.5 Å². The SMILES string of the molecule is COC(=O)CC1(CS(=O)C2CCC(C)CC2)CC1. The van der Waals surface area contributed by atoms with Crippen molar-refractivity contribution in [3.05, 3.63) is 0 Å². The number of carbonyl (C=O) groups is 1. The zero-order chi connectivity index (χ0) is 13.2. The van der Waals surface area contributed by atoms with E-state index in [4.69, 9.17) is 4.74 Å². The quantitative estimate of drug-likeness (QED) is 0.723. The van der Waals surface area contributed by atoms with Gasteiger partial charge >= 0.3 is 5.97 Å². The van der Waals surface area contributed by atoms with Crippen LogP contribution in [0.5, 0.6) is 0 Å². The van der Waals surface area contributed by atoms with Gasteiger partial charge in [-0.1, -0.05) is 6.92 Å². The van der Waals surface area contributed by atoms with E-state index in [0.29, 0.717) is 17.4 Å². The Morgan fingerprint density at radius 2 is 1.89 bits per heavy atom. The summed E-state index contributed by atoms with van der Waals surface area (Å²) in [6, 6.07) is 0. The molecule has 3 nitrogen and oxygen atoms in total. The second-order valence-corrected chi connectivity index (χ2v) is 7.88. The lowest BCUT2D eigenvalue weighted by molar-refractivity contribution is -0.141. The molecule has 0 bridgehead atoms. The average Bonchev–Trinajstić information content (AvgIpc) is 3.09. The number of esters is 1. The van der Waals surface area contributed by atoms with E-state index in [0.717, 1.165) is 31.6 Å². The van der Waals surface area contributed by atoms with Crippen LogP contribution in [0.15, 0.2) is 0 Å². The van der Waals surface area contributed by atoms with Gasteiger partial charge in [0.25, 0.3) is 0 Å². The molecule has 0 aliphatic heterocycles. The molecule has 0 saturated heterocycles. The van der Waals surface area contributed by atoms with Crippen molar-refractivity contribution in [2.75, 3.05) is 12.9 Å². The monoisotopic (exact) mass is 272 g/mol. The maximum Gasteiger partial charge on any atom is 0.306 e. The Kier molecular flexibility index (Phi) is 4.46. The largest absolute Gasteiger partial charge is 0.469 e. The molecular formula is C14H24O3S. The smallest absolute Gasteiger partial charge is 0.306 e. The lowest BCUT2D eigenvalue weighted by atomic mass is 9.91. The summed E-state index contributed by atoms with van der Waals surface area (Å²) in [4.78, 5) is 11.3. The van der Waals surface area contributed by atoms with E-state index >= 15 is 0 Å². The lowest BCUT2D eigenvalue weighted by Gasteiger charge is -2.27. The van der Waals surface area contributed by atoms with Crippen molar-refractivity contribution in [1.82, 2.24) is 0 Å². The van der Waals surface area contributed by atoms with Crippen LogP contribution in [0.3, 0.4) is 0 Å². The maximum absolute atomic E-state index is 12.4. The Morgan fingerprint density at radius 1 is 1.28 bits per heavy atom. The summed E-state index contributed by atoms with van der Waals surface area (Å²) in [5.74, 6) is 1.35. The molecule has 0 amide bonds. The Balaban J connectivity index is 1.82. The average molecular weight is 272 g/mol. The summed E-state index contributed by atoms with van der Waals surface area (Å²) < 4.78 is 17.1. The molecule has 0 radical (unpaired) electrons. The first-order valence-corrected chi connectivity index (χ1v) is 8.37. The van der Waals surface area contributed by atoms with Crippen LogP contribution in [0.25, 0.3) is 0 Å². The van der Waals surface area contributed by atoms with Gasteiger partial charge in [-0.05, 0) is 49.9 Å². The molecule has 2 rings (SSSR count). The van der Waals surface area contributed by atoms with Crippen molar-refractivity contribution in [3.8, 4) is 0 Å². The highest BCUT2D eigenvalue weighted by atomic mass is 32.2. The van der Waals surface area contributed by atoms with E-state index in [-0.39, 0.29) is 11.4 Å². The van der Waals surface area contributed by atoms with Crippen molar-refractivity contribution < 1.29 is 13.7 Å². The number of hydrogen-bond acceptors (Lipinski definition) is 3. The third kappa shape index (κ3) is 3.56. The predicted molar refractivity (Wildman–Crippen MR) is 72.7 cm³/mol. The van der Waals surface area contributed by atoms with Gasteiger partial charge in [0.2, 0.25) is 0 Å². The van der Waals surface area contributed by atoms with Crippen LogP contribution in [-0.2, 0) is 20.3 Å². The zero-order valence-electron chi connectivity index (χ0n) is 11.4. The van der Waals surface area contributed by atoms with Crippen LogP contribution < -0.4 is 0 Å². The predicted octanol–water partition coefficient (Wildman–Crippen LogP) is 2.66. The fourth-order valence-corrected chi connectivity index (χ4v) is 4.87. The summed E-state index contributed by atoms with van der Waals surface area (Å²) in [5, 5.41) is 0.372. The molecule has 2 aliphatic carbocycles. The summed E-state index contributed by atoms with van der Waals surface area (Å²) in [6.45, 7) is 2.28. The van der Waals surface area contributed by atoms with Crippen molar-refractivity contribution in [2.45, 2.75) is 57.1 Å². The van der Waals surface area contributed by atoms with Crippen LogP contribution in [-0.4, -0.2) is 28.3 Å². The number of methoxy groups -OCH3 is 1. The first-order chi connectivity index (χ1) is 8.54. The van der Waals surface area contributed by atoms with Crippen molar-refractivity contribution in [2.24, 2.45) is 11.3 Å². The Morgan fingerprint density at radius 3 is 2.39 bits per heavy atom. The van der Waals surface area contributed by atoms with E-state index in [1.54, 1.807) is 0 Å². The van der Waals surface area contributed by atoms with Gasteiger partial charge in [0, 0.05) is 21.8 Å². The highest BCUT2D eigenvalue weighted by Crippen LogP contribution is 2.50. The van der Waals surface area contributed by atoms with Crippen LogP contribution >= 0.6 is 0 Å². The molecule has 0 spiro atoms. The standard InChI is InChI=1S/C14H24O3S/c1-11-3-5-12(6-4-11)18(16)10-14(7-8-14)9-13(15)17-2/h11-12H,3-10H2,1-2H3. The lowest BCUT2D eigenvalue weighted by Crippen LogP contribution is -2.28. The van der Waals surface area contributed by atoms with Crippen LogP contribution in [0.2, 0.25) is 0 Å². The van der Waals surface area contributed by atoms with Crippen molar-refractivity contribution >= 4 is 16.8 Å². The van der Waals surface area contributed by atoms with Gasteiger partial charge in [-0.2, -0.15) is 0 Å². The fourth-order valence-electron chi connectivity index (χ4n) is 2.84. The molecule has 1 atom stereocenters. The van der Waals surface area contributed by atoms with Crippen LogP contribution in [0, 0.1) is 11.3 Å². The number of hydrogen-bond donors (Lipinski definition) is 0. The second kappa shape index (κ2) is 5.72. The number of ether oxygens (including phenoxy) is 1. The summed E-state index contributed by atoms with van der Waals surface area (Å²) in [7, 11) is 0.674. The van der Waals surface area contributed by atoms with Gasteiger partial charge in [-0.15, -0.1) is 0 Å². The van der Waals surface area contributed by atoms with E-state index in [1.165, 1.54) is 20.0 Å². The highest BCUT2D eigenvalue weighted by Gasteiger charge is 2.46. The van der Waals surface area contributed by atoms with Crippen molar-refractivity contribution in [3.63, 3.8) is 0 Å². The van der Waals surface area contributed by atoms with Gasteiger partial charge in [-0.3, -0.25) is 9.00 Å². The minimum absolute atomic E-state index is 0.0149. The third-order valence-corrected chi connectivity index (χ3v) is 6.60. The second-order valence-electron chi connectivity index (χ2n) is 6.16. The van der Waals surface area contributed by atoms with Gasteiger partial charge in [-0.25, -0.2) is 0 Å². The molecule has 2 aliphatic rings. The maximum atomic E-state index is 12.4. The summed E-state index contributed by atoms with van der Waals surface area (Å²) in [6.07, 6.45) is 7.15. The summed E-state index contributed by atoms with van der Waals surface area (Å²) >= 11 is 0. The Labute approximate surface area is 112 Å². The van der Waals surface area contributed by atoms with Gasteiger partial charge in [0.1, 0.15) is 0 Å². The zero-order valence-corrected chi connectivity index (χ0v) is 12.3. The molecule has 1 unspecified atom stereocenters. The molecular weight excluding hydrogens is 248 g/mol. The molecule has 0 N–H and O–H groups in total. The minimum atomic E-state index is -0.755. The number of rotatable bonds is 5. The third-order valence-electron chi connectivity index (χ3n) is 4.49. The topological polar surface area (TPSA) is 43.4 Å². The minimum Gasteiger partial charge on any atom is -0.469 e. The van der Waals surface area contributed by atoms with Gasteiger partial charge < -0.3 is 4.74 Å². The van der Waals surface area contributed by atoms with Crippen molar-refractivity contribution in [1.29, 1.82) is 0 Å². The molecule has 0 aromatic heterocycles. The fraction of sp³-hybridized carbons (Fsp3) is 0.929. The van der Waals surface area contributed by atoms with Gasteiger partial charge in [0.15, 0.2) is 0 Å². The normalized spacial score (nSPS) is 31.7. The molecule has 104 valence electrons. The van der Waals surface area contributed by atoms with E-state index < -0.39 is 10.8 Å². The molecule has 0 aromatic carbocycles. The molecule has 2 fully saturated rings. The molecule has 18 heavy (non-hydrogen) atoms. The van der Waals surface area contributed by atoms with Crippen LogP contribution in [0.4, 0.5) is 0 Å². The molecule has 4 heteroatoms. The van der Waals surface area contributed by atoms with Crippen LogP contribution in [0.1, 0.15) is 51.9 Å².